The summed E-state index contributed by atoms with van der Waals surface area (Å²) in [5.74, 6) is -0.588. The van der Waals surface area contributed by atoms with Gasteiger partial charge in [-0.15, -0.1) is 12.4 Å². The van der Waals surface area contributed by atoms with Crippen LogP contribution in [0.3, 0.4) is 0 Å². The summed E-state index contributed by atoms with van der Waals surface area (Å²) in [5, 5.41) is 8.49. The van der Waals surface area contributed by atoms with Crippen LogP contribution in [0.25, 0.3) is 0 Å². The highest BCUT2D eigenvalue weighted by molar-refractivity contribution is 5.98. The van der Waals surface area contributed by atoms with Crippen molar-refractivity contribution in [1.82, 2.24) is 16.0 Å². The number of amides is 3. The Labute approximate surface area is 171 Å². The van der Waals surface area contributed by atoms with E-state index in [4.69, 9.17) is 4.74 Å². The van der Waals surface area contributed by atoms with Crippen molar-refractivity contribution in [3.05, 3.63) is 35.9 Å². The number of carbonyl (C=O) groups excluding carboxylic acids is 3. The van der Waals surface area contributed by atoms with Crippen LogP contribution in [-0.4, -0.2) is 36.5 Å². The second-order valence-electron chi connectivity index (χ2n) is 7.26. The van der Waals surface area contributed by atoms with Gasteiger partial charge in [-0.3, -0.25) is 14.9 Å². The summed E-state index contributed by atoms with van der Waals surface area (Å²) in [6.45, 7) is 1.06. The smallest absolute Gasteiger partial charge is 0.407 e. The van der Waals surface area contributed by atoms with Gasteiger partial charge in [-0.1, -0.05) is 30.3 Å². The van der Waals surface area contributed by atoms with Crippen LogP contribution in [0.4, 0.5) is 4.79 Å². The maximum atomic E-state index is 12.3. The molecule has 1 aromatic carbocycles. The molecule has 0 bridgehead atoms. The largest absolute Gasteiger partial charge is 0.445 e. The minimum Gasteiger partial charge on any atom is -0.445 e. The molecule has 0 radical (unpaired) electrons. The number of hydrogen-bond acceptors (Lipinski definition) is 5. The number of carbonyl (C=O) groups is 3. The Hall–Kier alpha value is -2.12. The summed E-state index contributed by atoms with van der Waals surface area (Å²) in [5.41, 5.74) is 0.939. The fourth-order valence-corrected chi connectivity index (χ4v) is 3.65. The van der Waals surface area contributed by atoms with Crippen molar-refractivity contribution in [3.8, 4) is 0 Å². The highest BCUT2D eigenvalue weighted by Gasteiger charge is 2.30. The van der Waals surface area contributed by atoms with Crippen LogP contribution < -0.4 is 16.0 Å². The van der Waals surface area contributed by atoms with Gasteiger partial charge in [0.15, 0.2) is 0 Å². The third kappa shape index (κ3) is 6.49. The Morgan fingerprint density at radius 2 is 1.71 bits per heavy atom. The SMILES string of the molecule is Cl.O=C(N[C@H]1CC[C@H](C(=O)NC(=O)[C@@H]2CCCN2)CC1)OCc1ccccc1. The summed E-state index contributed by atoms with van der Waals surface area (Å²) in [4.78, 5) is 36.2. The molecular formula is C20H28ClN3O4. The number of imide groups is 1. The number of ether oxygens (including phenoxy) is 1. The van der Waals surface area contributed by atoms with E-state index in [-0.39, 0.29) is 48.8 Å². The molecule has 1 atom stereocenters. The summed E-state index contributed by atoms with van der Waals surface area (Å²) < 4.78 is 5.23. The molecule has 154 valence electrons. The van der Waals surface area contributed by atoms with Crippen LogP contribution >= 0.6 is 12.4 Å². The minimum absolute atomic E-state index is 0. The van der Waals surface area contributed by atoms with Gasteiger partial charge in [0, 0.05) is 12.0 Å². The molecule has 0 aromatic heterocycles. The number of hydrogen-bond donors (Lipinski definition) is 3. The van der Waals surface area contributed by atoms with Gasteiger partial charge in [0.05, 0.1) is 6.04 Å². The zero-order chi connectivity index (χ0) is 19.1. The third-order valence-electron chi connectivity index (χ3n) is 5.26. The maximum absolute atomic E-state index is 12.3. The molecule has 3 N–H and O–H groups in total. The van der Waals surface area contributed by atoms with E-state index in [9.17, 15) is 14.4 Å². The lowest BCUT2D eigenvalue weighted by molar-refractivity contribution is -0.134. The Bertz CT molecular complexity index is 657. The Kier molecular flexibility index (Phi) is 8.73. The molecule has 28 heavy (non-hydrogen) atoms. The highest BCUT2D eigenvalue weighted by Crippen LogP contribution is 2.24. The molecule has 2 aliphatic rings. The van der Waals surface area contributed by atoms with Crippen molar-refractivity contribution >= 4 is 30.3 Å². The predicted molar refractivity (Wildman–Crippen MR) is 107 cm³/mol. The van der Waals surface area contributed by atoms with E-state index in [2.05, 4.69) is 16.0 Å². The molecule has 7 nitrogen and oxygen atoms in total. The van der Waals surface area contributed by atoms with Gasteiger partial charge in [-0.25, -0.2) is 4.79 Å². The monoisotopic (exact) mass is 409 g/mol. The zero-order valence-electron chi connectivity index (χ0n) is 15.8. The Morgan fingerprint density at radius 3 is 2.36 bits per heavy atom. The van der Waals surface area contributed by atoms with Gasteiger partial charge in [0.1, 0.15) is 6.61 Å². The number of rotatable bonds is 5. The first-order chi connectivity index (χ1) is 13.1. The lowest BCUT2D eigenvalue weighted by Gasteiger charge is -2.28. The first-order valence-electron chi connectivity index (χ1n) is 9.67. The molecule has 1 aliphatic heterocycles. The lowest BCUT2D eigenvalue weighted by Crippen LogP contribution is -2.47. The van der Waals surface area contributed by atoms with Crippen molar-refractivity contribution in [3.63, 3.8) is 0 Å². The van der Waals surface area contributed by atoms with Gasteiger partial charge in [-0.2, -0.15) is 0 Å². The van der Waals surface area contributed by atoms with Crippen LogP contribution in [0, 0.1) is 5.92 Å². The maximum Gasteiger partial charge on any atom is 0.407 e. The first kappa shape index (κ1) is 22.2. The molecule has 3 rings (SSSR count). The topological polar surface area (TPSA) is 96.5 Å². The van der Waals surface area contributed by atoms with Crippen LogP contribution in [-0.2, 0) is 20.9 Å². The Morgan fingerprint density at radius 1 is 1.00 bits per heavy atom. The third-order valence-corrected chi connectivity index (χ3v) is 5.26. The lowest BCUT2D eigenvalue weighted by atomic mass is 9.85. The quantitative estimate of drug-likeness (QED) is 0.648. The molecule has 1 saturated carbocycles. The molecule has 8 heteroatoms. The van der Waals surface area contributed by atoms with E-state index < -0.39 is 6.09 Å². The molecule has 1 aliphatic carbocycles. The molecule has 0 unspecified atom stereocenters. The molecule has 1 aromatic rings. The summed E-state index contributed by atoms with van der Waals surface area (Å²) >= 11 is 0. The molecule has 2 fully saturated rings. The fraction of sp³-hybridized carbons (Fsp3) is 0.550. The first-order valence-corrected chi connectivity index (χ1v) is 9.67. The minimum atomic E-state index is -0.436. The van der Waals surface area contributed by atoms with E-state index in [0.717, 1.165) is 24.9 Å². The average Bonchev–Trinajstić information content (AvgIpc) is 3.23. The highest BCUT2D eigenvalue weighted by atomic mass is 35.5. The molecule has 1 saturated heterocycles. The van der Waals surface area contributed by atoms with Gasteiger partial charge in [-0.05, 0) is 50.6 Å². The number of alkyl carbamates (subject to hydrolysis) is 1. The molecule has 1 heterocycles. The zero-order valence-corrected chi connectivity index (χ0v) is 16.6. The van der Waals surface area contributed by atoms with Gasteiger partial charge < -0.3 is 15.4 Å². The van der Waals surface area contributed by atoms with Gasteiger partial charge >= 0.3 is 6.09 Å². The molecule has 3 amide bonds. The van der Waals surface area contributed by atoms with Crippen LogP contribution in [0.1, 0.15) is 44.1 Å². The van der Waals surface area contributed by atoms with E-state index >= 15 is 0 Å². The Balaban J connectivity index is 0.00000280. The van der Waals surface area contributed by atoms with E-state index in [0.29, 0.717) is 25.7 Å². The fourth-order valence-electron chi connectivity index (χ4n) is 3.65. The number of halogens is 1. The molecular weight excluding hydrogens is 382 g/mol. The van der Waals surface area contributed by atoms with Gasteiger partial charge in [0.25, 0.3) is 0 Å². The second-order valence-corrected chi connectivity index (χ2v) is 7.26. The van der Waals surface area contributed by atoms with Crippen molar-refractivity contribution in [2.24, 2.45) is 5.92 Å². The molecule has 0 spiro atoms. The number of nitrogens with one attached hydrogen (secondary N) is 3. The van der Waals surface area contributed by atoms with Crippen LogP contribution in [0.5, 0.6) is 0 Å². The van der Waals surface area contributed by atoms with Crippen molar-refractivity contribution < 1.29 is 19.1 Å². The predicted octanol–water partition coefficient (Wildman–Crippen LogP) is 2.29. The summed E-state index contributed by atoms with van der Waals surface area (Å²) in [6.07, 6.45) is 4.02. The second kappa shape index (κ2) is 11.0. The van der Waals surface area contributed by atoms with Crippen molar-refractivity contribution in [2.75, 3.05) is 6.54 Å². The summed E-state index contributed by atoms with van der Waals surface area (Å²) in [6, 6.07) is 9.28. The number of benzene rings is 1. The van der Waals surface area contributed by atoms with Crippen LogP contribution in [0.15, 0.2) is 30.3 Å². The average molecular weight is 410 g/mol. The van der Waals surface area contributed by atoms with Crippen molar-refractivity contribution in [1.29, 1.82) is 0 Å². The summed E-state index contributed by atoms with van der Waals surface area (Å²) in [7, 11) is 0. The normalized spacial score (nSPS) is 23.9. The standard InChI is InChI=1S/C20H27N3O4.ClH/c24-18(23-19(25)17-7-4-12-21-17)15-8-10-16(11-9-15)22-20(26)27-13-14-5-2-1-3-6-14;/h1-3,5-6,15-17,21H,4,7-13H2,(H,22,26)(H,23,24,25);1H/t15-,16-,17-;/m0./s1. The van der Waals surface area contributed by atoms with E-state index in [1.54, 1.807) is 0 Å². The van der Waals surface area contributed by atoms with Crippen molar-refractivity contribution in [2.45, 2.75) is 57.2 Å². The van der Waals surface area contributed by atoms with E-state index in [1.807, 2.05) is 30.3 Å². The van der Waals surface area contributed by atoms with E-state index in [1.165, 1.54) is 0 Å². The van der Waals surface area contributed by atoms with Gasteiger partial charge in [0.2, 0.25) is 11.8 Å². The van der Waals surface area contributed by atoms with Crippen LogP contribution in [0.2, 0.25) is 0 Å².